The lowest BCUT2D eigenvalue weighted by atomic mass is 9.97. The molecule has 3 aromatic rings. The maximum Gasteiger partial charge on any atom is 0.136 e. The van der Waals surface area contributed by atoms with Crippen molar-refractivity contribution < 1.29 is 0 Å². The van der Waals surface area contributed by atoms with E-state index in [4.69, 9.17) is 4.98 Å². The SMILES string of the molecule is Cc1nc(N2CCCC(C)C2)c2ccccc2c1-c1ccccn1. The van der Waals surface area contributed by atoms with Gasteiger partial charge in [0.1, 0.15) is 5.82 Å². The van der Waals surface area contributed by atoms with Crippen molar-refractivity contribution in [3.63, 3.8) is 0 Å². The van der Waals surface area contributed by atoms with Crippen LogP contribution in [0.5, 0.6) is 0 Å². The predicted octanol–water partition coefficient (Wildman–Crippen LogP) is 4.84. The molecule has 0 bridgehead atoms. The Morgan fingerprint density at radius 3 is 2.58 bits per heavy atom. The second-order valence-electron chi connectivity index (χ2n) is 6.85. The van der Waals surface area contributed by atoms with E-state index in [1.165, 1.54) is 23.6 Å². The summed E-state index contributed by atoms with van der Waals surface area (Å²) in [5.74, 6) is 1.87. The standard InChI is InChI=1S/C21H23N3/c1-15-8-7-13-24(14-15)21-18-10-4-3-9-17(18)20(16(2)23-21)19-11-5-6-12-22-19/h3-6,9-12,15H,7-8,13-14H2,1-2H3. The lowest BCUT2D eigenvalue weighted by molar-refractivity contribution is 0.445. The highest BCUT2D eigenvalue weighted by Gasteiger charge is 2.21. The van der Waals surface area contributed by atoms with Crippen molar-refractivity contribution >= 4 is 16.6 Å². The van der Waals surface area contributed by atoms with Crippen LogP contribution in [0.15, 0.2) is 48.7 Å². The summed E-state index contributed by atoms with van der Waals surface area (Å²) in [5.41, 5.74) is 3.21. The van der Waals surface area contributed by atoms with Gasteiger partial charge in [-0.1, -0.05) is 37.3 Å². The van der Waals surface area contributed by atoms with E-state index in [2.05, 4.69) is 54.1 Å². The van der Waals surface area contributed by atoms with Gasteiger partial charge in [-0.25, -0.2) is 4.98 Å². The molecule has 1 fully saturated rings. The summed E-state index contributed by atoms with van der Waals surface area (Å²) in [7, 11) is 0. The molecule has 1 atom stereocenters. The molecule has 0 spiro atoms. The minimum atomic E-state index is 0.732. The molecule has 1 unspecified atom stereocenters. The summed E-state index contributed by atoms with van der Waals surface area (Å²) in [4.78, 5) is 12.0. The van der Waals surface area contributed by atoms with Crippen LogP contribution in [0.4, 0.5) is 5.82 Å². The van der Waals surface area contributed by atoms with Gasteiger partial charge in [-0.2, -0.15) is 0 Å². The second kappa shape index (κ2) is 6.23. The number of aromatic nitrogens is 2. The number of piperidine rings is 1. The number of fused-ring (bicyclic) bond motifs is 1. The van der Waals surface area contributed by atoms with Crippen molar-refractivity contribution in [3.05, 3.63) is 54.4 Å². The first-order chi connectivity index (χ1) is 11.7. The number of benzene rings is 1. The Hall–Kier alpha value is -2.42. The first-order valence-corrected chi connectivity index (χ1v) is 8.79. The Morgan fingerprint density at radius 2 is 1.83 bits per heavy atom. The van der Waals surface area contributed by atoms with E-state index < -0.39 is 0 Å². The van der Waals surface area contributed by atoms with Crippen molar-refractivity contribution in [2.24, 2.45) is 5.92 Å². The molecule has 4 rings (SSSR count). The van der Waals surface area contributed by atoms with Gasteiger partial charge in [-0.3, -0.25) is 4.98 Å². The third-order valence-electron chi connectivity index (χ3n) is 4.95. The average molecular weight is 317 g/mol. The maximum atomic E-state index is 5.02. The first kappa shape index (κ1) is 15.1. The van der Waals surface area contributed by atoms with Crippen molar-refractivity contribution in [2.75, 3.05) is 18.0 Å². The molecule has 3 heteroatoms. The van der Waals surface area contributed by atoms with E-state index >= 15 is 0 Å². The molecule has 2 aromatic heterocycles. The molecule has 0 saturated carbocycles. The number of aryl methyl sites for hydroxylation is 1. The number of pyridine rings is 2. The highest BCUT2D eigenvalue weighted by atomic mass is 15.2. The molecule has 3 nitrogen and oxygen atoms in total. The third-order valence-corrected chi connectivity index (χ3v) is 4.95. The monoisotopic (exact) mass is 317 g/mol. The van der Waals surface area contributed by atoms with Crippen LogP contribution < -0.4 is 4.90 Å². The van der Waals surface area contributed by atoms with Gasteiger partial charge in [0.25, 0.3) is 0 Å². The molecule has 1 aromatic carbocycles. The van der Waals surface area contributed by atoms with Crippen molar-refractivity contribution in [3.8, 4) is 11.3 Å². The fraction of sp³-hybridized carbons (Fsp3) is 0.333. The molecule has 3 heterocycles. The summed E-state index contributed by atoms with van der Waals surface area (Å²) < 4.78 is 0. The van der Waals surface area contributed by atoms with Crippen molar-refractivity contribution in [2.45, 2.75) is 26.7 Å². The smallest absolute Gasteiger partial charge is 0.136 e. The first-order valence-electron chi connectivity index (χ1n) is 8.79. The molecular formula is C21H23N3. The van der Waals surface area contributed by atoms with Gasteiger partial charge in [0, 0.05) is 35.9 Å². The fourth-order valence-electron chi connectivity index (χ4n) is 3.82. The zero-order valence-electron chi connectivity index (χ0n) is 14.4. The van der Waals surface area contributed by atoms with E-state index in [-0.39, 0.29) is 0 Å². The average Bonchev–Trinajstić information content (AvgIpc) is 2.62. The van der Waals surface area contributed by atoms with Crippen LogP contribution in [0.2, 0.25) is 0 Å². The van der Waals surface area contributed by atoms with Gasteiger partial charge in [-0.15, -0.1) is 0 Å². The highest BCUT2D eigenvalue weighted by Crippen LogP contribution is 2.36. The molecule has 0 aliphatic carbocycles. The van der Waals surface area contributed by atoms with Gasteiger partial charge in [0.05, 0.1) is 5.69 Å². The molecule has 0 N–H and O–H groups in total. The van der Waals surface area contributed by atoms with E-state index in [9.17, 15) is 0 Å². The fourth-order valence-corrected chi connectivity index (χ4v) is 3.82. The Morgan fingerprint density at radius 1 is 1.04 bits per heavy atom. The Kier molecular flexibility index (Phi) is 3.93. The molecule has 1 aliphatic rings. The lowest BCUT2D eigenvalue weighted by Gasteiger charge is -2.33. The van der Waals surface area contributed by atoms with Crippen LogP contribution in [0.3, 0.4) is 0 Å². The Labute approximate surface area is 143 Å². The van der Waals surface area contributed by atoms with Gasteiger partial charge >= 0.3 is 0 Å². The molecule has 24 heavy (non-hydrogen) atoms. The second-order valence-corrected chi connectivity index (χ2v) is 6.85. The number of hydrogen-bond acceptors (Lipinski definition) is 3. The zero-order chi connectivity index (χ0) is 16.5. The summed E-state index contributed by atoms with van der Waals surface area (Å²) in [5, 5.41) is 2.48. The minimum Gasteiger partial charge on any atom is -0.356 e. The van der Waals surface area contributed by atoms with Crippen molar-refractivity contribution in [1.29, 1.82) is 0 Å². The topological polar surface area (TPSA) is 29.0 Å². The van der Waals surface area contributed by atoms with E-state index in [1.807, 2.05) is 18.3 Å². The van der Waals surface area contributed by atoms with Crippen LogP contribution >= 0.6 is 0 Å². The summed E-state index contributed by atoms with van der Waals surface area (Å²) in [6.07, 6.45) is 4.42. The molecule has 122 valence electrons. The zero-order valence-corrected chi connectivity index (χ0v) is 14.4. The number of rotatable bonds is 2. The third kappa shape index (κ3) is 2.64. The van der Waals surface area contributed by atoms with Crippen molar-refractivity contribution in [1.82, 2.24) is 9.97 Å². The Bertz CT molecular complexity index is 858. The summed E-state index contributed by atoms with van der Waals surface area (Å²) in [6.45, 7) is 6.64. The van der Waals surface area contributed by atoms with Gasteiger partial charge in [0.2, 0.25) is 0 Å². The quantitative estimate of drug-likeness (QED) is 0.677. The summed E-state index contributed by atoms with van der Waals surface area (Å²) >= 11 is 0. The van der Waals surface area contributed by atoms with E-state index in [1.54, 1.807) is 0 Å². The van der Waals surface area contributed by atoms with Crippen LogP contribution in [0.25, 0.3) is 22.0 Å². The highest BCUT2D eigenvalue weighted by molar-refractivity contribution is 6.02. The van der Waals surface area contributed by atoms with Crippen LogP contribution in [0.1, 0.15) is 25.5 Å². The predicted molar refractivity (Wildman–Crippen MR) is 100 cm³/mol. The van der Waals surface area contributed by atoms with Crippen LogP contribution in [-0.4, -0.2) is 23.1 Å². The van der Waals surface area contributed by atoms with Gasteiger partial charge in [-0.05, 0) is 43.2 Å². The molecule has 0 amide bonds. The van der Waals surface area contributed by atoms with E-state index in [0.29, 0.717) is 0 Å². The number of hydrogen-bond donors (Lipinski definition) is 0. The van der Waals surface area contributed by atoms with Gasteiger partial charge in [0.15, 0.2) is 0 Å². The van der Waals surface area contributed by atoms with Crippen LogP contribution in [-0.2, 0) is 0 Å². The lowest BCUT2D eigenvalue weighted by Crippen LogP contribution is -2.35. The van der Waals surface area contributed by atoms with Crippen LogP contribution in [0, 0.1) is 12.8 Å². The maximum absolute atomic E-state index is 5.02. The Balaban J connectivity index is 1.92. The molecule has 0 radical (unpaired) electrons. The molecule has 1 aliphatic heterocycles. The number of nitrogens with zero attached hydrogens (tertiary/aromatic N) is 3. The summed E-state index contributed by atoms with van der Waals surface area (Å²) in [6, 6.07) is 14.7. The molecule has 1 saturated heterocycles. The minimum absolute atomic E-state index is 0.732. The number of anilines is 1. The van der Waals surface area contributed by atoms with E-state index in [0.717, 1.165) is 41.8 Å². The largest absolute Gasteiger partial charge is 0.356 e. The molecular weight excluding hydrogens is 294 g/mol. The normalized spacial score (nSPS) is 18.1. The van der Waals surface area contributed by atoms with Gasteiger partial charge < -0.3 is 4.90 Å².